The van der Waals surface area contributed by atoms with Crippen LogP contribution in [0.3, 0.4) is 0 Å². The Morgan fingerprint density at radius 3 is 2.67 bits per heavy atom. The maximum Gasteiger partial charge on any atom is 0.271 e. The van der Waals surface area contributed by atoms with E-state index in [1.165, 1.54) is 6.07 Å². The minimum Gasteiger partial charge on any atom is -0.506 e. The van der Waals surface area contributed by atoms with Gasteiger partial charge in [-0.15, -0.1) is 0 Å². The van der Waals surface area contributed by atoms with Crippen LogP contribution in [-0.2, 0) is 11.2 Å². The number of anilines is 1. The van der Waals surface area contributed by atoms with E-state index in [-0.39, 0.29) is 23.5 Å². The number of nitrogens with one attached hydrogen (secondary N) is 1. The van der Waals surface area contributed by atoms with Crippen molar-refractivity contribution in [2.75, 3.05) is 5.32 Å². The van der Waals surface area contributed by atoms with Gasteiger partial charge in [-0.05, 0) is 30.3 Å². The minimum atomic E-state index is -0.599. The van der Waals surface area contributed by atoms with Crippen molar-refractivity contribution in [2.45, 2.75) is 6.42 Å². The summed E-state index contributed by atoms with van der Waals surface area (Å²) in [6.45, 7) is 0. The van der Waals surface area contributed by atoms with E-state index in [1.54, 1.807) is 22.7 Å². The molecule has 0 aliphatic carbocycles. The van der Waals surface area contributed by atoms with Gasteiger partial charge in [0.05, 0.1) is 28.4 Å². The van der Waals surface area contributed by atoms with Crippen molar-refractivity contribution >= 4 is 34.5 Å². The quantitative estimate of drug-likeness (QED) is 0.280. The normalized spacial score (nSPS) is 10.8. The van der Waals surface area contributed by atoms with E-state index in [0.717, 1.165) is 17.7 Å². The van der Waals surface area contributed by atoms with Crippen molar-refractivity contribution in [3.05, 3.63) is 87.7 Å². The number of nitro groups is 1. The zero-order valence-corrected chi connectivity index (χ0v) is 16.2. The lowest BCUT2D eigenvalue weighted by molar-refractivity contribution is -0.384. The number of hydrogen-bond acceptors (Lipinski definition) is 5. The smallest absolute Gasteiger partial charge is 0.271 e. The molecular weight excluding hydrogens is 408 g/mol. The summed E-state index contributed by atoms with van der Waals surface area (Å²) in [4.78, 5) is 27.7. The van der Waals surface area contributed by atoms with Gasteiger partial charge in [0.2, 0.25) is 5.91 Å². The fraction of sp³-hybridized carbons (Fsp3) is 0.0476. The van der Waals surface area contributed by atoms with Gasteiger partial charge in [-0.25, -0.2) is 4.98 Å². The first kappa shape index (κ1) is 19.4. The first-order chi connectivity index (χ1) is 14.4. The number of fused-ring (bicyclic) bond motifs is 1. The molecule has 2 N–H and O–H groups in total. The number of carbonyl (C=O) groups is 1. The summed E-state index contributed by atoms with van der Waals surface area (Å²) in [6, 6.07) is 16.1. The summed E-state index contributed by atoms with van der Waals surface area (Å²) in [7, 11) is 0. The van der Waals surface area contributed by atoms with Gasteiger partial charge < -0.3 is 14.8 Å². The third-order valence-corrected chi connectivity index (χ3v) is 4.79. The van der Waals surface area contributed by atoms with Gasteiger partial charge in [0.15, 0.2) is 0 Å². The number of amides is 1. The van der Waals surface area contributed by atoms with Gasteiger partial charge >= 0.3 is 0 Å². The highest BCUT2D eigenvalue weighted by atomic mass is 35.5. The Bertz CT molecular complexity index is 1270. The molecule has 0 unspecified atom stereocenters. The van der Waals surface area contributed by atoms with Crippen molar-refractivity contribution in [2.24, 2.45) is 0 Å². The SMILES string of the molecule is O=C(Cc1c(-c2ccc(Cl)cc2)nc2ccccn12)Nc1cc([N+](=O)[O-])ccc1O. The van der Waals surface area contributed by atoms with E-state index in [2.05, 4.69) is 10.3 Å². The lowest BCUT2D eigenvalue weighted by atomic mass is 10.1. The number of pyridine rings is 1. The molecule has 0 atom stereocenters. The van der Waals surface area contributed by atoms with E-state index in [0.29, 0.717) is 22.1 Å². The molecule has 0 bridgehead atoms. The molecule has 150 valence electrons. The third kappa shape index (κ3) is 3.81. The first-order valence-electron chi connectivity index (χ1n) is 8.91. The molecule has 0 spiro atoms. The summed E-state index contributed by atoms with van der Waals surface area (Å²) in [5, 5.41) is 24.1. The Hall–Kier alpha value is -3.91. The molecule has 8 nitrogen and oxygen atoms in total. The third-order valence-electron chi connectivity index (χ3n) is 4.54. The lowest BCUT2D eigenvalue weighted by Crippen LogP contribution is -2.16. The lowest BCUT2D eigenvalue weighted by Gasteiger charge is -2.09. The average molecular weight is 423 g/mol. The van der Waals surface area contributed by atoms with Crippen LogP contribution >= 0.6 is 11.6 Å². The molecule has 1 amide bonds. The van der Waals surface area contributed by atoms with Crippen LogP contribution in [0, 0.1) is 10.1 Å². The van der Waals surface area contributed by atoms with Crippen molar-refractivity contribution in [3.8, 4) is 17.0 Å². The molecule has 2 aromatic heterocycles. The molecule has 4 rings (SSSR count). The van der Waals surface area contributed by atoms with Gasteiger partial charge in [0, 0.05) is 28.9 Å². The Morgan fingerprint density at radius 2 is 1.93 bits per heavy atom. The highest BCUT2D eigenvalue weighted by Gasteiger charge is 2.19. The molecule has 0 radical (unpaired) electrons. The molecule has 9 heteroatoms. The Kier molecular flexibility index (Phi) is 5.07. The van der Waals surface area contributed by atoms with Gasteiger partial charge in [-0.3, -0.25) is 14.9 Å². The summed E-state index contributed by atoms with van der Waals surface area (Å²) in [6.07, 6.45) is 1.74. The molecule has 0 fully saturated rings. The second kappa shape index (κ2) is 7.84. The van der Waals surface area contributed by atoms with Crippen molar-refractivity contribution < 1.29 is 14.8 Å². The zero-order chi connectivity index (χ0) is 21.3. The van der Waals surface area contributed by atoms with E-state index in [4.69, 9.17) is 11.6 Å². The fourth-order valence-electron chi connectivity index (χ4n) is 3.14. The Labute approximate surface area is 175 Å². The number of non-ortho nitro benzene ring substituents is 1. The largest absolute Gasteiger partial charge is 0.506 e. The van der Waals surface area contributed by atoms with Crippen LogP contribution in [-0.4, -0.2) is 25.3 Å². The van der Waals surface area contributed by atoms with E-state index >= 15 is 0 Å². The number of carbonyl (C=O) groups excluding carboxylic acids is 1. The van der Waals surface area contributed by atoms with Crippen LogP contribution in [0.4, 0.5) is 11.4 Å². The van der Waals surface area contributed by atoms with Crippen LogP contribution in [0.5, 0.6) is 5.75 Å². The van der Waals surface area contributed by atoms with Crippen LogP contribution in [0.15, 0.2) is 66.9 Å². The molecular formula is C21H15ClN4O4. The van der Waals surface area contributed by atoms with Gasteiger partial charge in [0.1, 0.15) is 11.4 Å². The number of imidazole rings is 1. The second-order valence-electron chi connectivity index (χ2n) is 6.53. The highest BCUT2D eigenvalue weighted by Crippen LogP contribution is 2.29. The zero-order valence-electron chi connectivity index (χ0n) is 15.4. The van der Waals surface area contributed by atoms with Crippen LogP contribution in [0.2, 0.25) is 5.02 Å². The monoisotopic (exact) mass is 422 g/mol. The number of nitrogens with zero attached hydrogens (tertiary/aromatic N) is 3. The van der Waals surface area contributed by atoms with Crippen LogP contribution < -0.4 is 5.32 Å². The Morgan fingerprint density at radius 1 is 1.17 bits per heavy atom. The van der Waals surface area contributed by atoms with Gasteiger partial charge in [0.25, 0.3) is 5.69 Å². The number of aromatic nitrogens is 2. The summed E-state index contributed by atoms with van der Waals surface area (Å²) >= 11 is 5.98. The standard InChI is InChI=1S/C21H15ClN4O4/c22-14-6-4-13(5-7-14)21-17(25-10-2-1-3-19(25)24-21)12-20(28)23-16-11-15(26(29)30)8-9-18(16)27/h1-11,27H,12H2,(H,23,28). The average Bonchev–Trinajstić information content (AvgIpc) is 3.08. The van der Waals surface area contributed by atoms with Crippen molar-refractivity contribution in [1.82, 2.24) is 9.38 Å². The van der Waals surface area contributed by atoms with Gasteiger partial charge in [-0.2, -0.15) is 0 Å². The predicted molar refractivity (Wildman–Crippen MR) is 113 cm³/mol. The van der Waals surface area contributed by atoms with Gasteiger partial charge in [-0.1, -0.05) is 29.8 Å². The fourth-order valence-corrected chi connectivity index (χ4v) is 3.26. The Balaban J connectivity index is 1.69. The van der Waals surface area contributed by atoms with E-state index < -0.39 is 10.8 Å². The van der Waals surface area contributed by atoms with E-state index in [9.17, 15) is 20.0 Å². The number of halogens is 1. The van der Waals surface area contributed by atoms with Crippen LogP contribution in [0.25, 0.3) is 16.9 Å². The molecule has 0 aliphatic heterocycles. The number of hydrogen-bond donors (Lipinski definition) is 2. The molecule has 4 aromatic rings. The number of nitro benzene ring substituents is 1. The van der Waals surface area contributed by atoms with E-state index in [1.807, 2.05) is 30.3 Å². The highest BCUT2D eigenvalue weighted by molar-refractivity contribution is 6.30. The van der Waals surface area contributed by atoms with Crippen LogP contribution in [0.1, 0.15) is 5.69 Å². The maximum atomic E-state index is 12.7. The molecule has 2 heterocycles. The molecule has 30 heavy (non-hydrogen) atoms. The number of benzene rings is 2. The molecule has 0 saturated carbocycles. The summed E-state index contributed by atoms with van der Waals surface area (Å²) < 4.78 is 1.80. The number of phenols is 1. The van der Waals surface area contributed by atoms with Crippen molar-refractivity contribution in [3.63, 3.8) is 0 Å². The molecule has 0 aliphatic rings. The second-order valence-corrected chi connectivity index (χ2v) is 6.96. The molecule has 2 aromatic carbocycles. The topological polar surface area (TPSA) is 110 Å². The first-order valence-corrected chi connectivity index (χ1v) is 9.29. The van der Waals surface area contributed by atoms with Crippen molar-refractivity contribution in [1.29, 1.82) is 0 Å². The summed E-state index contributed by atoms with van der Waals surface area (Å²) in [5.74, 6) is -0.711. The molecule has 0 saturated heterocycles. The summed E-state index contributed by atoms with van der Waals surface area (Å²) in [5.41, 5.74) is 2.45. The number of rotatable bonds is 5. The number of aromatic hydroxyl groups is 1. The predicted octanol–water partition coefficient (Wildman–Crippen LogP) is 4.45. The maximum absolute atomic E-state index is 12.7. The minimum absolute atomic E-state index is 0.0314. The number of phenolic OH excluding ortho intramolecular Hbond substituents is 1.